The summed E-state index contributed by atoms with van der Waals surface area (Å²) in [5.74, 6) is -1.13. The van der Waals surface area contributed by atoms with Crippen LogP contribution in [0.5, 0.6) is 11.5 Å². The largest absolute Gasteiger partial charge is 0.504 e. The Balaban J connectivity index is 1.34. The van der Waals surface area contributed by atoms with Crippen LogP contribution in [0.1, 0.15) is 49.4 Å². The van der Waals surface area contributed by atoms with Gasteiger partial charge in [-0.1, -0.05) is 60.7 Å². The zero-order valence-electron chi connectivity index (χ0n) is 25.0. The Morgan fingerprint density at radius 1 is 0.913 bits per heavy atom. The molecule has 1 fully saturated rings. The quantitative estimate of drug-likeness (QED) is 0.151. The van der Waals surface area contributed by atoms with Gasteiger partial charge in [-0.25, -0.2) is 0 Å². The van der Waals surface area contributed by atoms with E-state index in [1.54, 1.807) is 24.3 Å². The Labute approximate surface area is 265 Å². The SMILES string of the molecule is NC1=CC(CCO[C@@H]2[C@@H](Oc3cc(CCc4ccccc4)c4c(c3O)C(=O)c3ccccc3C4=O)O[C@@H](CO)[C@H](O)[C@H]2O)=CCN1. The number of dihydropyridines is 1. The lowest BCUT2D eigenvalue weighted by molar-refractivity contribution is -0.287. The molecule has 1 aliphatic carbocycles. The van der Waals surface area contributed by atoms with Crippen molar-refractivity contribution < 1.29 is 44.2 Å². The topological polar surface area (TPSA) is 181 Å². The van der Waals surface area contributed by atoms with Crippen molar-refractivity contribution in [1.29, 1.82) is 0 Å². The van der Waals surface area contributed by atoms with Crippen LogP contribution in [0, 0.1) is 0 Å². The Bertz CT molecular complexity index is 1690. The molecule has 1 saturated heterocycles. The number of ether oxygens (including phenoxy) is 3. The highest BCUT2D eigenvalue weighted by molar-refractivity contribution is 6.30. The number of rotatable bonds is 10. The Kier molecular flexibility index (Phi) is 9.20. The standard InChI is InChI=1S/C35H36N2O9/c36-26-16-20(12-14-37-26)13-15-44-34-33(43)32(42)25(18-38)46-35(34)45-24-17-21(11-10-19-6-2-1-3-7-19)27-28(31(24)41)30(40)23-9-5-4-8-22(23)29(27)39/h1-9,12,16-17,25,32-35,37-38,41-43H,10-11,13-15,18,36H2/t25-,32-,33+,34-,35-/m0/s1. The minimum atomic E-state index is -1.52. The van der Waals surface area contributed by atoms with Gasteiger partial charge < -0.3 is 45.7 Å². The van der Waals surface area contributed by atoms with Crippen molar-refractivity contribution in [3.8, 4) is 11.5 Å². The van der Waals surface area contributed by atoms with Gasteiger partial charge in [0.05, 0.1) is 24.6 Å². The van der Waals surface area contributed by atoms with E-state index in [4.69, 9.17) is 19.9 Å². The monoisotopic (exact) mass is 628 g/mol. The fraction of sp³-hybridized carbons (Fsp3) is 0.314. The molecular weight excluding hydrogens is 592 g/mol. The molecule has 11 heteroatoms. The first-order chi connectivity index (χ1) is 22.3. The summed E-state index contributed by atoms with van der Waals surface area (Å²) < 4.78 is 18.0. The van der Waals surface area contributed by atoms with E-state index in [2.05, 4.69) is 5.32 Å². The number of phenols is 1. The number of hydrogen-bond donors (Lipinski definition) is 6. The molecule has 0 bridgehead atoms. The molecule has 46 heavy (non-hydrogen) atoms. The predicted octanol–water partition coefficient (Wildman–Crippen LogP) is 1.88. The minimum absolute atomic E-state index is 0.0966. The van der Waals surface area contributed by atoms with Gasteiger partial charge in [0.2, 0.25) is 6.29 Å². The molecule has 3 aromatic rings. The van der Waals surface area contributed by atoms with E-state index in [9.17, 15) is 30.0 Å². The number of aliphatic hydroxyl groups is 3. The molecule has 0 saturated carbocycles. The van der Waals surface area contributed by atoms with Crippen molar-refractivity contribution in [2.45, 2.75) is 50.0 Å². The van der Waals surface area contributed by atoms with Crippen LogP contribution in [0.4, 0.5) is 0 Å². The van der Waals surface area contributed by atoms with E-state index in [-0.39, 0.29) is 40.4 Å². The van der Waals surface area contributed by atoms with Crippen molar-refractivity contribution in [3.63, 3.8) is 0 Å². The number of hydrogen-bond acceptors (Lipinski definition) is 11. The normalized spacial score (nSPS) is 23.9. The molecule has 0 spiro atoms. The third-order valence-corrected chi connectivity index (χ3v) is 8.52. The van der Waals surface area contributed by atoms with Crippen LogP contribution in [0.15, 0.2) is 84.2 Å². The average molecular weight is 629 g/mol. The van der Waals surface area contributed by atoms with E-state index in [0.717, 1.165) is 11.1 Å². The van der Waals surface area contributed by atoms with Crippen molar-refractivity contribution in [2.75, 3.05) is 19.8 Å². The van der Waals surface area contributed by atoms with Gasteiger partial charge in [0, 0.05) is 23.2 Å². The molecule has 0 aromatic heterocycles. The summed E-state index contributed by atoms with van der Waals surface area (Å²) in [7, 11) is 0. The van der Waals surface area contributed by atoms with Gasteiger partial charge in [-0.15, -0.1) is 0 Å². The first-order valence-electron chi connectivity index (χ1n) is 15.2. The summed E-state index contributed by atoms with van der Waals surface area (Å²) in [5, 5.41) is 46.0. The number of nitrogens with one attached hydrogen (secondary N) is 1. The number of aliphatic hydroxyl groups excluding tert-OH is 3. The van der Waals surface area contributed by atoms with Crippen LogP contribution < -0.4 is 15.8 Å². The molecule has 11 nitrogen and oxygen atoms in total. The first-order valence-corrected chi connectivity index (χ1v) is 15.2. The summed E-state index contributed by atoms with van der Waals surface area (Å²) in [6.45, 7) is 0.0295. The molecule has 240 valence electrons. The molecule has 0 unspecified atom stereocenters. The molecule has 0 amide bonds. The number of carbonyl (C=O) groups is 2. The molecule has 3 aliphatic rings. The number of carbonyl (C=O) groups excluding carboxylic acids is 2. The molecular formula is C35H36N2O9. The van der Waals surface area contributed by atoms with E-state index < -0.39 is 48.8 Å². The summed E-state index contributed by atoms with van der Waals surface area (Å²) in [4.78, 5) is 27.5. The van der Waals surface area contributed by atoms with Gasteiger partial charge in [-0.2, -0.15) is 0 Å². The Hall–Kier alpha value is -4.52. The summed E-state index contributed by atoms with van der Waals surface area (Å²) in [6.07, 6.45) is -1.87. The number of aromatic hydroxyl groups is 1. The molecule has 2 heterocycles. The fourth-order valence-electron chi connectivity index (χ4n) is 6.09. The smallest absolute Gasteiger partial charge is 0.229 e. The van der Waals surface area contributed by atoms with E-state index >= 15 is 0 Å². The zero-order chi connectivity index (χ0) is 32.4. The Morgan fingerprint density at radius 2 is 1.61 bits per heavy atom. The zero-order valence-corrected chi connectivity index (χ0v) is 25.0. The highest BCUT2D eigenvalue weighted by Gasteiger charge is 2.47. The summed E-state index contributed by atoms with van der Waals surface area (Å²) in [5.41, 5.74) is 8.59. The van der Waals surface area contributed by atoms with Crippen LogP contribution in [0.3, 0.4) is 0 Å². The number of ketones is 2. The van der Waals surface area contributed by atoms with Gasteiger partial charge in [-0.05, 0) is 48.1 Å². The van der Waals surface area contributed by atoms with Gasteiger partial charge in [0.25, 0.3) is 0 Å². The van der Waals surface area contributed by atoms with Crippen LogP contribution in [-0.4, -0.2) is 82.5 Å². The van der Waals surface area contributed by atoms with Gasteiger partial charge in [0.1, 0.15) is 24.4 Å². The lowest BCUT2D eigenvalue weighted by Gasteiger charge is -2.41. The lowest BCUT2D eigenvalue weighted by Crippen LogP contribution is -2.61. The third-order valence-electron chi connectivity index (χ3n) is 8.52. The molecule has 3 aromatic carbocycles. The molecule has 7 N–H and O–H groups in total. The molecule has 6 rings (SSSR count). The van der Waals surface area contributed by atoms with E-state index in [1.807, 2.05) is 36.4 Å². The van der Waals surface area contributed by atoms with Crippen LogP contribution in [0.25, 0.3) is 0 Å². The maximum Gasteiger partial charge on any atom is 0.229 e. The highest BCUT2D eigenvalue weighted by atomic mass is 16.7. The van der Waals surface area contributed by atoms with Crippen molar-refractivity contribution in [1.82, 2.24) is 5.32 Å². The van der Waals surface area contributed by atoms with Gasteiger partial charge in [-0.3, -0.25) is 9.59 Å². The molecule has 2 aliphatic heterocycles. The number of phenolic OH excluding ortho intramolecular Hbond substituents is 1. The first kappa shape index (κ1) is 31.5. The second kappa shape index (κ2) is 13.5. The molecule has 5 atom stereocenters. The number of benzene rings is 3. The maximum absolute atomic E-state index is 13.8. The minimum Gasteiger partial charge on any atom is -0.504 e. The second-order valence-corrected chi connectivity index (χ2v) is 11.5. The van der Waals surface area contributed by atoms with Crippen LogP contribution in [-0.2, 0) is 22.3 Å². The molecule has 0 radical (unpaired) electrons. The number of nitrogens with two attached hydrogens (primary N) is 1. The van der Waals surface area contributed by atoms with E-state index in [0.29, 0.717) is 37.2 Å². The van der Waals surface area contributed by atoms with Crippen LogP contribution in [0.2, 0.25) is 0 Å². The lowest BCUT2D eigenvalue weighted by atomic mass is 9.80. The number of allylic oxidation sites excluding steroid dienone is 1. The fourth-order valence-corrected chi connectivity index (χ4v) is 6.09. The van der Waals surface area contributed by atoms with Crippen LogP contribution >= 0.6 is 0 Å². The summed E-state index contributed by atoms with van der Waals surface area (Å²) in [6, 6.07) is 17.6. The van der Waals surface area contributed by atoms with Gasteiger partial charge >= 0.3 is 0 Å². The number of aryl methyl sites for hydroxylation is 2. The average Bonchev–Trinajstić information content (AvgIpc) is 3.07. The third kappa shape index (κ3) is 6.15. The summed E-state index contributed by atoms with van der Waals surface area (Å²) >= 11 is 0. The predicted molar refractivity (Wildman–Crippen MR) is 166 cm³/mol. The highest BCUT2D eigenvalue weighted by Crippen LogP contribution is 2.42. The van der Waals surface area contributed by atoms with Crippen molar-refractivity contribution >= 4 is 11.6 Å². The van der Waals surface area contributed by atoms with E-state index in [1.165, 1.54) is 12.1 Å². The van der Waals surface area contributed by atoms with Gasteiger partial charge in [0.15, 0.2) is 23.1 Å². The Morgan fingerprint density at radius 3 is 2.30 bits per heavy atom. The number of fused-ring (bicyclic) bond motifs is 2. The second-order valence-electron chi connectivity index (χ2n) is 11.5. The van der Waals surface area contributed by atoms with Crippen molar-refractivity contribution in [3.05, 3.63) is 118 Å². The maximum atomic E-state index is 13.8. The van der Waals surface area contributed by atoms with Crippen molar-refractivity contribution in [2.24, 2.45) is 5.73 Å².